The molecule has 25 heavy (non-hydrogen) atoms. The predicted octanol–water partition coefficient (Wildman–Crippen LogP) is 3.94. The Kier molecular flexibility index (Phi) is 4.03. The van der Waals surface area contributed by atoms with Crippen LogP contribution in [-0.4, -0.2) is 19.3 Å². The molecule has 2 aromatic carbocycles. The first-order chi connectivity index (χ1) is 12.1. The minimum Gasteiger partial charge on any atom is -0.294 e. The molecule has 0 atom stereocenters. The number of nitrogens with zero attached hydrogens (tertiary/aromatic N) is 4. The molecular formula is C18H12Cl2N4O. The van der Waals surface area contributed by atoms with E-state index in [4.69, 9.17) is 23.2 Å². The molecule has 4 rings (SSSR count). The molecule has 0 amide bonds. The summed E-state index contributed by atoms with van der Waals surface area (Å²) in [6.45, 7) is 0.394. The second-order valence-electron chi connectivity index (χ2n) is 5.58. The van der Waals surface area contributed by atoms with Crippen molar-refractivity contribution in [1.82, 2.24) is 19.3 Å². The predicted molar refractivity (Wildman–Crippen MR) is 98.7 cm³/mol. The van der Waals surface area contributed by atoms with Crippen LogP contribution in [0.15, 0.2) is 65.8 Å². The molecule has 7 heteroatoms. The van der Waals surface area contributed by atoms with Gasteiger partial charge in [0, 0.05) is 10.0 Å². The van der Waals surface area contributed by atoms with E-state index in [1.54, 1.807) is 22.9 Å². The highest BCUT2D eigenvalue weighted by Gasteiger charge is 2.12. The highest BCUT2D eigenvalue weighted by Crippen LogP contribution is 2.18. The Balaban J connectivity index is 1.78. The summed E-state index contributed by atoms with van der Waals surface area (Å²) in [5.74, 6) is 0. The number of benzene rings is 2. The lowest BCUT2D eigenvalue weighted by atomic mass is 10.2. The van der Waals surface area contributed by atoms with Crippen LogP contribution < -0.4 is 5.56 Å². The molecule has 0 unspecified atom stereocenters. The van der Waals surface area contributed by atoms with Crippen LogP contribution in [0.25, 0.3) is 16.7 Å². The average molecular weight is 371 g/mol. The molecule has 0 aliphatic heterocycles. The Labute approximate surface area is 153 Å². The summed E-state index contributed by atoms with van der Waals surface area (Å²) in [6.07, 6.45) is 3.05. The molecule has 0 fully saturated rings. The number of aromatic nitrogens is 4. The van der Waals surface area contributed by atoms with Crippen molar-refractivity contribution in [3.05, 3.63) is 87.0 Å². The number of halogens is 2. The molecular weight excluding hydrogens is 359 g/mol. The van der Waals surface area contributed by atoms with Crippen molar-refractivity contribution in [2.75, 3.05) is 0 Å². The molecule has 2 heterocycles. The molecule has 124 valence electrons. The van der Waals surface area contributed by atoms with Gasteiger partial charge in [-0.1, -0.05) is 41.4 Å². The summed E-state index contributed by atoms with van der Waals surface area (Å²) in [7, 11) is 0. The lowest BCUT2D eigenvalue weighted by molar-refractivity contribution is 0.745. The van der Waals surface area contributed by atoms with Gasteiger partial charge in [0.25, 0.3) is 5.56 Å². The maximum atomic E-state index is 12.7. The van der Waals surface area contributed by atoms with Crippen LogP contribution in [0, 0.1) is 0 Å². The zero-order chi connectivity index (χ0) is 17.4. The van der Waals surface area contributed by atoms with Gasteiger partial charge in [0.2, 0.25) is 0 Å². The van der Waals surface area contributed by atoms with Crippen LogP contribution in [0.1, 0.15) is 5.56 Å². The van der Waals surface area contributed by atoms with E-state index in [1.807, 2.05) is 30.3 Å². The fourth-order valence-electron chi connectivity index (χ4n) is 2.69. The van der Waals surface area contributed by atoms with Crippen LogP contribution in [0.5, 0.6) is 0 Å². The number of hydrogen-bond donors (Lipinski definition) is 0. The second-order valence-corrected chi connectivity index (χ2v) is 6.45. The average Bonchev–Trinajstić information content (AvgIpc) is 3.02. The Hall–Kier alpha value is -2.63. The van der Waals surface area contributed by atoms with Crippen molar-refractivity contribution in [2.24, 2.45) is 0 Å². The van der Waals surface area contributed by atoms with Crippen LogP contribution in [0.4, 0.5) is 0 Å². The summed E-state index contributed by atoms with van der Waals surface area (Å²) in [5.41, 5.74) is 2.02. The van der Waals surface area contributed by atoms with Crippen molar-refractivity contribution in [3.8, 4) is 5.69 Å². The highest BCUT2D eigenvalue weighted by atomic mass is 35.5. The molecule has 0 N–H and O–H groups in total. The standard InChI is InChI=1S/C18H12Cl2N4O/c19-13-4-1-3-12(7-13)10-23-11-21-17-16(18(23)25)9-22-24(17)15-6-2-5-14(20)8-15/h1-9,11H,10H2. The van der Waals surface area contributed by atoms with E-state index in [1.165, 1.54) is 17.1 Å². The summed E-state index contributed by atoms with van der Waals surface area (Å²) in [6, 6.07) is 14.6. The molecule has 0 radical (unpaired) electrons. The highest BCUT2D eigenvalue weighted by molar-refractivity contribution is 6.31. The first-order valence-corrected chi connectivity index (χ1v) is 8.31. The van der Waals surface area contributed by atoms with Crippen molar-refractivity contribution in [3.63, 3.8) is 0 Å². The van der Waals surface area contributed by atoms with Gasteiger partial charge in [-0.15, -0.1) is 0 Å². The topological polar surface area (TPSA) is 52.7 Å². The van der Waals surface area contributed by atoms with Gasteiger partial charge in [0.15, 0.2) is 5.65 Å². The van der Waals surface area contributed by atoms with Crippen molar-refractivity contribution >= 4 is 34.2 Å². The maximum Gasteiger partial charge on any atom is 0.264 e. The summed E-state index contributed by atoms with van der Waals surface area (Å²) < 4.78 is 3.14. The van der Waals surface area contributed by atoms with Gasteiger partial charge in [0.05, 0.1) is 18.4 Å². The second kappa shape index (κ2) is 6.35. The molecule has 0 aliphatic carbocycles. The van der Waals surface area contributed by atoms with Gasteiger partial charge in [-0.25, -0.2) is 9.67 Å². The number of fused-ring (bicyclic) bond motifs is 1. The fourth-order valence-corrected chi connectivity index (χ4v) is 3.09. The van der Waals surface area contributed by atoms with Crippen LogP contribution in [0.3, 0.4) is 0 Å². The quantitative estimate of drug-likeness (QED) is 0.548. The summed E-state index contributed by atoms with van der Waals surface area (Å²) in [5, 5.41) is 5.97. The minimum absolute atomic E-state index is 0.154. The SMILES string of the molecule is O=c1c2cnn(-c3cccc(Cl)c3)c2ncn1Cc1cccc(Cl)c1. The fraction of sp³-hybridized carbons (Fsp3) is 0.0556. The zero-order valence-corrected chi connectivity index (χ0v) is 14.4. The Morgan fingerprint density at radius 3 is 2.52 bits per heavy atom. The van der Waals surface area contributed by atoms with E-state index in [0.29, 0.717) is 27.6 Å². The molecule has 0 saturated carbocycles. The number of hydrogen-bond acceptors (Lipinski definition) is 3. The van der Waals surface area contributed by atoms with Gasteiger partial charge in [-0.3, -0.25) is 9.36 Å². The molecule has 0 saturated heterocycles. The van der Waals surface area contributed by atoms with Gasteiger partial charge >= 0.3 is 0 Å². The molecule has 5 nitrogen and oxygen atoms in total. The van der Waals surface area contributed by atoms with Crippen LogP contribution in [0.2, 0.25) is 10.0 Å². The van der Waals surface area contributed by atoms with E-state index in [-0.39, 0.29) is 5.56 Å². The third kappa shape index (κ3) is 3.04. The Bertz CT molecular complexity index is 1130. The van der Waals surface area contributed by atoms with Crippen molar-refractivity contribution < 1.29 is 0 Å². The molecule has 2 aromatic heterocycles. The van der Waals surface area contributed by atoms with Gasteiger partial charge < -0.3 is 0 Å². The lowest BCUT2D eigenvalue weighted by Gasteiger charge is -2.07. The van der Waals surface area contributed by atoms with E-state index in [0.717, 1.165) is 11.3 Å². The zero-order valence-electron chi connectivity index (χ0n) is 12.9. The van der Waals surface area contributed by atoms with Crippen LogP contribution in [-0.2, 0) is 6.54 Å². The van der Waals surface area contributed by atoms with E-state index < -0.39 is 0 Å². The molecule has 0 aliphatic rings. The minimum atomic E-state index is -0.154. The number of rotatable bonds is 3. The smallest absolute Gasteiger partial charge is 0.264 e. The van der Waals surface area contributed by atoms with Crippen LogP contribution >= 0.6 is 23.2 Å². The molecule has 0 spiro atoms. The first-order valence-electron chi connectivity index (χ1n) is 7.55. The van der Waals surface area contributed by atoms with Crippen molar-refractivity contribution in [2.45, 2.75) is 6.54 Å². The Morgan fingerprint density at radius 1 is 1.00 bits per heavy atom. The molecule has 4 aromatic rings. The van der Waals surface area contributed by atoms with E-state index in [9.17, 15) is 4.79 Å². The largest absolute Gasteiger partial charge is 0.294 e. The third-order valence-corrected chi connectivity index (χ3v) is 4.32. The third-order valence-electron chi connectivity index (χ3n) is 3.85. The monoisotopic (exact) mass is 370 g/mol. The first kappa shape index (κ1) is 15.9. The van der Waals surface area contributed by atoms with Gasteiger partial charge in [0.1, 0.15) is 11.7 Å². The summed E-state index contributed by atoms with van der Waals surface area (Å²) >= 11 is 12.0. The van der Waals surface area contributed by atoms with Crippen molar-refractivity contribution in [1.29, 1.82) is 0 Å². The molecule has 0 bridgehead atoms. The Morgan fingerprint density at radius 2 is 1.76 bits per heavy atom. The summed E-state index contributed by atoms with van der Waals surface area (Å²) in [4.78, 5) is 17.2. The maximum absolute atomic E-state index is 12.7. The normalized spacial score (nSPS) is 11.1. The van der Waals surface area contributed by atoms with Gasteiger partial charge in [-0.05, 0) is 35.9 Å². The van der Waals surface area contributed by atoms with E-state index in [2.05, 4.69) is 10.1 Å². The van der Waals surface area contributed by atoms with Gasteiger partial charge in [-0.2, -0.15) is 5.10 Å². The lowest BCUT2D eigenvalue weighted by Crippen LogP contribution is -2.21. The van der Waals surface area contributed by atoms with E-state index >= 15 is 0 Å².